The molecule has 0 bridgehead atoms. The zero-order valence-electron chi connectivity index (χ0n) is 18.7. The van der Waals surface area contributed by atoms with Gasteiger partial charge in [0.2, 0.25) is 5.91 Å². The lowest BCUT2D eigenvalue weighted by Crippen LogP contribution is -2.30. The van der Waals surface area contributed by atoms with Gasteiger partial charge in [0.1, 0.15) is 5.75 Å². The van der Waals surface area contributed by atoms with Gasteiger partial charge in [-0.2, -0.15) is 0 Å². The van der Waals surface area contributed by atoms with Gasteiger partial charge in [-0.25, -0.2) is 4.79 Å². The molecule has 0 spiro atoms. The molecule has 0 aromatic heterocycles. The van der Waals surface area contributed by atoms with Crippen molar-refractivity contribution < 1.29 is 19.4 Å². The van der Waals surface area contributed by atoms with E-state index in [0.717, 1.165) is 41.8 Å². The number of hydrogen-bond donors (Lipinski definition) is 3. The van der Waals surface area contributed by atoms with Crippen LogP contribution in [-0.2, 0) is 24.2 Å². The molecule has 1 heterocycles. The number of aryl methyl sites for hydroxylation is 1. The van der Waals surface area contributed by atoms with E-state index in [1.54, 1.807) is 4.90 Å². The molecule has 1 saturated heterocycles. The van der Waals surface area contributed by atoms with Crippen molar-refractivity contribution >= 4 is 23.3 Å². The first kappa shape index (κ1) is 22.1. The summed E-state index contributed by atoms with van der Waals surface area (Å²) in [4.78, 5) is 26.7. The van der Waals surface area contributed by atoms with E-state index >= 15 is 0 Å². The second-order valence-electron chi connectivity index (χ2n) is 8.77. The van der Waals surface area contributed by atoms with Gasteiger partial charge in [0.15, 0.2) is 0 Å². The Hall–Kier alpha value is -3.06. The smallest absolute Gasteiger partial charge is 0.319 e. The molecule has 1 unspecified atom stereocenters. The fraction of sp³-hybridized carbons (Fsp3) is 0.440. The second kappa shape index (κ2) is 9.61. The summed E-state index contributed by atoms with van der Waals surface area (Å²) in [5.74, 6) is 0.774. The third-order valence-electron chi connectivity index (χ3n) is 5.91. The van der Waals surface area contributed by atoms with Crippen LogP contribution in [0, 0.1) is 0 Å². The van der Waals surface area contributed by atoms with E-state index in [4.69, 9.17) is 4.74 Å². The Morgan fingerprint density at radius 3 is 2.84 bits per heavy atom. The van der Waals surface area contributed by atoms with Crippen LogP contribution < -0.4 is 20.3 Å². The molecule has 2 aromatic carbocycles. The zero-order valence-corrected chi connectivity index (χ0v) is 18.7. The van der Waals surface area contributed by atoms with Gasteiger partial charge in [0, 0.05) is 31.6 Å². The van der Waals surface area contributed by atoms with Gasteiger partial charge in [-0.1, -0.05) is 18.2 Å². The minimum atomic E-state index is -0.369. The van der Waals surface area contributed by atoms with Gasteiger partial charge in [0.05, 0.1) is 17.9 Å². The maximum atomic E-state index is 12.6. The lowest BCUT2D eigenvalue weighted by molar-refractivity contribution is -0.117. The standard InChI is InChI=1S/C25H31N3O4/c1-16(2)32-23-11-8-17(13-22(23)28-12-4-7-24(28)30)15-26-25(31)27-21-6-3-5-18-9-10-19(29)14-20(18)21/h3,5-6,8,11,13,16,19,29H,4,7,9-10,12,14-15H2,1-2H3,(H2,26,27,31). The van der Waals surface area contributed by atoms with Crippen LogP contribution in [0.4, 0.5) is 16.2 Å². The summed E-state index contributed by atoms with van der Waals surface area (Å²) in [7, 11) is 0. The molecule has 1 aliphatic heterocycles. The lowest BCUT2D eigenvalue weighted by atomic mass is 9.88. The first-order chi connectivity index (χ1) is 15.4. The number of aliphatic hydroxyl groups is 1. The molecule has 4 rings (SSSR count). The second-order valence-corrected chi connectivity index (χ2v) is 8.77. The topological polar surface area (TPSA) is 90.9 Å². The fourth-order valence-corrected chi connectivity index (χ4v) is 4.38. The van der Waals surface area contributed by atoms with Crippen molar-refractivity contribution in [2.24, 2.45) is 0 Å². The molecule has 0 saturated carbocycles. The van der Waals surface area contributed by atoms with Crippen LogP contribution in [0.2, 0.25) is 0 Å². The molecular formula is C25H31N3O4. The van der Waals surface area contributed by atoms with Crippen molar-refractivity contribution in [1.82, 2.24) is 5.32 Å². The molecule has 2 aliphatic rings. The predicted molar refractivity (Wildman–Crippen MR) is 124 cm³/mol. The van der Waals surface area contributed by atoms with Gasteiger partial charge < -0.3 is 25.4 Å². The van der Waals surface area contributed by atoms with Crippen molar-refractivity contribution in [1.29, 1.82) is 0 Å². The molecule has 1 fully saturated rings. The summed E-state index contributed by atoms with van der Waals surface area (Å²) in [5, 5.41) is 15.8. The Morgan fingerprint density at radius 2 is 2.09 bits per heavy atom. The van der Waals surface area contributed by atoms with Gasteiger partial charge in [0.25, 0.3) is 0 Å². The first-order valence-electron chi connectivity index (χ1n) is 11.3. The molecule has 32 heavy (non-hydrogen) atoms. The van der Waals surface area contributed by atoms with Gasteiger partial charge >= 0.3 is 6.03 Å². The van der Waals surface area contributed by atoms with Crippen LogP contribution in [0.15, 0.2) is 36.4 Å². The maximum absolute atomic E-state index is 12.6. The summed E-state index contributed by atoms with van der Waals surface area (Å²) in [6.07, 6.45) is 3.12. The third kappa shape index (κ3) is 5.05. The highest BCUT2D eigenvalue weighted by Gasteiger charge is 2.25. The monoisotopic (exact) mass is 437 g/mol. The van der Waals surface area contributed by atoms with Crippen molar-refractivity contribution in [2.45, 2.75) is 64.7 Å². The zero-order chi connectivity index (χ0) is 22.7. The van der Waals surface area contributed by atoms with E-state index in [0.29, 0.717) is 31.7 Å². The number of urea groups is 1. The highest BCUT2D eigenvalue weighted by molar-refractivity contribution is 5.97. The number of rotatable bonds is 6. The normalized spacial score (nSPS) is 17.9. The molecule has 3 N–H and O–H groups in total. The Morgan fingerprint density at radius 1 is 1.25 bits per heavy atom. The number of carbonyl (C=O) groups is 2. The SMILES string of the molecule is CC(C)Oc1ccc(CNC(=O)Nc2cccc3c2CC(O)CC3)cc1N1CCCC1=O. The van der Waals surface area contributed by atoms with Crippen LogP contribution in [0.3, 0.4) is 0 Å². The number of fused-ring (bicyclic) bond motifs is 1. The van der Waals surface area contributed by atoms with Crippen molar-refractivity contribution in [3.63, 3.8) is 0 Å². The number of nitrogens with zero attached hydrogens (tertiary/aromatic N) is 1. The van der Waals surface area contributed by atoms with Gasteiger partial charge in [-0.15, -0.1) is 0 Å². The van der Waals surface area contributed by atoms with E-state index in [1.165, 1.54) is 5.56 Å². The van der Waals surface area contributed by atoms with Crippen molar-refractivity contribution in [2.75, 3.05) is 16.8 Å². The van der Waals surface area contributed by atoms with Gasteiger partial charge in [-0.05, 0) is 68.0 Å². The Balaban J connectivity index is 1.45. The van der Waals surface area contributed by atoms with E-state index in [1.807, 2.05) is 50.2 Å². The highest BCUT2D eigenvalue weighted by Crippen LogP contribution is 2.33. The highest BCUT2D eigenvalue weighted by atomic mass is 16.5. The summed E-state index contributed by atoms with van der Waals surface area (Å²) < 4.78 is 5.91. The summed E-state index contributed by atoms with van der Waals surface area (Å²) in [6, 6.07) is 11.2. The number of nitrogens with one attached hydrogen (secondary N) is 2. The molecule has 7 nitrogen and oxygen atoms in total. The largest absolute Gasteiger partial charge is 0.489 e. The Bertz CT molecular complexity index is 1000. The first-order valence-corrected chi connectivity index (χ1v) is 11.3. The number of amides is 3. The molecule has 2 aromatic rings. The minimum Gasteiger partial charge on any atom is -0.489 e. The predicted octanol–water partition coefficient (Wildman–Crippen LogP) is 3.77. The van der Waals surface area contributed by atoms with Crippen LogP contribution in [0.5, 0.6) is 5.75 Å². The fourth-order valence-electron chi connectivity index (χ4n) is 4.38. The Labute approximate surface area is 188 Å². The number of benzene rings is 2. The van der Waals surface area contributed by atoms with Crippen molar-refractivity contribution in [3.05, 3.63) is 53.1 Å². The van der Waals surface area contributed by atoms with Crippen LogP contribution in [0.1, 0.15) is 49.8 Å². The molecule has 3 amide bonds. The summed E-state index contributed by atoms with van der Waals surface area (Å²) in [5.41, 5.74) is 4.56. The van der Waals surface area contributed by atoms with Crippen LogP contribution in [0.25, 0.3) is 0 Å². The number of carbonyl (C=O) groups excluding carboxylic acids is 2. The minimum absolute atomic E-state index is 0.00322. The molecule has 1 atom stereocenters. The quantitative estimate of drug-likeness (QED) is 0.642. The number of hydrogen-bond acceptors (Lipinski definition) is 4. The van der Waals surface area contributed by atoms with Gasteiger partial charge in [-0.3, -0.25) is 4.79 Å². The number of ether oxygens (including phenoxy) is 1. The van der Waals surface area contributed by atoms with E-state index in [-0.39, 0.29) is 24.1 Å². The number of anilines is 2. The average Bonchev–Trinajstić information content (AvgIpc) is 3.19. The molecule has 170 valence electrons. The summed E-state index contributed by atoms with van der Waals surface area (Å²) >= 11 is 0. The lowest BCUT2D eigenvalue weighted by Gasteiger charge is -2.23. The molecular weight excluding hydrogens is 406 g/mol. The van der Waals surface area contributed by atoms with Crippen molar-refractivity contribution in [3.8, 4) is 5.75 Å². The molecule has 0 radical (unpaired) electrons. The average molecular weight is 438 g/mol. The molecule has 1 aliphatic carbocycles. The maximum Gasteiger partial charge on any atom is 0.319 e. The van der Waals surface area contributed by atoms with E-state index < -0.39 is 0 Å². The van der Waals surface area contributed by atoms with E-state index in [2.05, 4.69) is 10.6 Å². The third-order valence-corrected chi connectivity index (χ3v) is 5.91. The van der Waals surface area contributed by atoms with Crippen LogP contribution >= 0.6 is 0 Å². The summed E-state index contributed by atoms with van der Waals surface area (Å²) in [6.45, 7) is 4.91. The molecule has 7 heteroatoms. The number of aliphatic hydroxyl groups excluding tert-OH is 1. The Kier molecular flexibility index (Phi) is 6.65. The van der Waals surface area contributed by atoms with Crippen LogP contribution in [-0.4, -0.2) is 35.8 Å². The van der Waals surface area contributed by atoms with E-state index in [9.17, 15) is 14.7 Å².